The van der Waals surface area contributed by atoms with Gasteiger partial charge in [-0.1, -0.05) is 53.4 Å². The van der Waals surface area contributed by atoms with Crippen molar-refractivity contribution in [2.24, 2.45) is 0 Å². The second kappa shape index (κ2) is 76.2. The zero-order valence-electron chi connectivity index (χ0n) is 54.1. The van der Waals surface area contributed by atoms with Gasteiger partial charge in [-0.3, -0.25) is 0 Å². The number of aliphatic hydroxyl groups excluding tert-OH is 6. The number of methoxy groups -OCH3 is 2. The van der Waals surface area contributed by atoms with Crippen LogP contribution in [0.2, 0.25) is 0 Å². The minimum Gasteiger partial charge on any atom is -0.394 e. The molecule has 0 aliphatic heterocycles. The van der Waals surface area contributed by atoms with Crippen LogP contribution in [0.4, 0.5) is 0 Å². The zero-order chi connectivity index (χ0) is 61.9. The Bertz CT molecular complexity index is 970. The smallest absolute Gasteiger partial charge is 0.0781 e. The fraction of sp³-hybridized carbons (Fsp3) is 1.00. The first-order valence-corrected chi connectivity index (χ1v) is 29.9. The summed E-state index contributed by atoms with van der Waals surface area (Å²) in [4.78, 5) is 0. The summed E-state index contributed by atoms with van der Waals surface area (Å²) in [5.41, 5.74) is 0. The number of ether oxygens (including phenoxy) is 15. The molecule has 11 atom stereocenters. The second-order valence-electron chi connectivity index (χ2n) is 19.5. The molecule has 0 aromatic heterocycles. The molecule has 0 aromatic rings. The molecule has 11 unspecified atom stereocenters. The molecule has 0 aromatic carbocycles. The van der Waals surface area contributed by atoms with Crippen LogP contribution >= 0.6 is 0 Å². The van der Waals surface area contributed by atoms with Gasteiger partial charge in [-0.25, -0.2) is 0 Å². The van der Waals surface area contributed by atoms with Gasteiger partial charge in [-0.2, -0.15) is 0 Å². The Hall–Kier alpha value is -0.840. The third-order valence-electron chi connectivity index (χ3n) is 10.4. The number of aliphatic hydroxyl groups is 6. The highest BCUT2D eigenvalue weighted by molar-refractivity contribution is 4.57. The fourth-order valence-electron chi connectivity index (χ4n) is 4.81. The van der Waals surface area contributed by atoms with E-state index in [1.807, 2.05) is 76.2 Å². The van der Waals surface area contributed by atoms with E-state index in [4.69, 9.17) is 102 Å². The summed E-state index contributed by atoms with van der Waals surface area (Å²) in [5, 5.41) is 51.6. The zero-order valence-corrected chi connectivity index (χ0v) is 54.1. The standard InChI is InChI=1S/C13H28O4.2C10H22O4.C10H22O3.2C8H18O3/c1-5-6-7-15-12(3)9-17-13(4)10-16-11(2)8-14;2*1-8(5-11)13-7-10(3)14-6-9(2)12-4;1-4-5-6-12-10(3)8-13-9(2)7-11;2*1-2-3-5-10-7-8-11-6-4-9/h11-14H,5-10H2,1-4H3;2*8-11H,5-7H2,1-4H3;9-11H,4-8H2,1-3H3;2*9H,2-8H2,1H3. The molecule has 492 valence electrons. The van der Waals surface area contributed by atoms with E-state index < -0.39 is 0 Å². The van der Waals surface area contributed by atoms with Gasteiger partial charge in [0.15, 0.2) is 0 Å². The van der Waals surface area contributed by atoms with Crippen molar-refractivity contribution in [3.63, 3.8) is 0 Å². The van der Waals surface area contributed by atoms with Crippen LogP contribution in [-0.2, 0) is 71.1 Å². The molecule has 0 fully saturated rings. The number of unbranched alkanes of at least 4 members (excludes halogenated alkanes) is 4. The number of hydrogen-bond donors (Lipinski definition) is 6. The van der Waals surface area contributed by atoms with Crippen LogP contribution in [-0.4, -0.2) is 264 Å². The van der Waals surface area contributed by atoms with Gasteiger partial charge in [-0.05, 0) is 102 Å². The van der Waals surface area contributed by atoms with Crippen LogP contribution in [0.3, 0.4) is 0 Å². The third kappa shape index (κ3) is 86.0. The SMILES string of the molecule is CCCCOC(C)COC(C)CO.CCCCOC(C)COC(C)COC(C)CO.CCCCOCCOCCO.CCCCOCCOCCO.COC(C)COC(C)COC(C)CO.COC(C)COC(C)COC(C)CO. The van der Waals surface area contributed by atoms with Crippen LogP contribution in [0.1, 0.15) is 155 Å². The predicted octanol–water partition coefficient (Wildman–Crippen LogP) is 6.85. The van der Waals surface area contributed by atoms with Crippen LogP contribution in [0.5, 0.6) is 0 Å². The van der Waals surface area contributed by atoms with Crippen LogP contribution in [0, 0.1) is 0 Å². The van der Waals surface area contributed by atoms with E-state index in [0.717, 1.165) is 77.8 Å². The lowest BCUT2D eigenvalue weighted by molar-refractivity contribution is -0.0745. The van der Waals surface area contributed by atoms with E-state index in [1.165, 1.54) is 0 Å². The van der Waals surface area contributed by atoms with Crippen LogP contribution in [0.15, 0.2) is 0 Å². The van der Waals surface area contributed by atoms with E-state index in [9.17, 15) is 0 Å². The molecule has 0 aliphatic rings. The Labute approximate surface area is 488 Å². The van der Waals surface area contributed by atoms with Gasteiger partial charge in [0, 0.05) is 40.6 Å². The highest BCUT2D eigenvalue weighted by Crippen LogP contribution is 2.03. The van der Waals surface area contributed by atoms with E-state index in [1.54, 1.807) is 14.2 Å². The Morgan fingerprint density at radius 3 is 0.650 bits per heavy atom. The predicted molar refractivity (Wildman–Crippen MR) is 317 cm³/mol. The summed E-state index contributed by atoms with van der Waals surface area (Å²) < 4.78 is 79.3. The van der Waals surface area contributed by atoms with Gasteiger partial charge in [0.2, 0.25) is 0 Å². The molecule has 0 saturated carbocycles. The molecule has 0 bridgehead atoms. The quantitative estimate of drug-likeness (QED) is 0.0340. The van der Waals surface area contributed by atoms with Gasteiger partial charge in [0.25, 0.3) is 0 Å². The molecule has 21 nitrogen and oxygen atoms in total. The molecule has 0 aliphatic carbocycles. The van der Waals surface area contributed by atoms with Crippen molar-refractivity contribution in [3.05, 3.63) is 0 Å². The number of hydrogen-bond acceptors (Lipinski definition) is 21. The van der Waals surface area contributed by atoms with Crippen molar-refractivity contribution in [2.75, 3.05) is 166 Å². The summed E-state index contributed by atoms with van der Waals surface area (Å²) in [6.45, 7) is 40.3. The summed E-state index contributed by atoms with van der Waals surface area (Å²) in [6, 6.07) is 0. The Morgan fingerprint density at radius 2 is 0.438 bits per heavy atom. The maximum absolute atomic E-state index is 8.80. The van der Waals surface area contributed by atoms with Crippen molar-refractivity contribution in [1.82, 2.24) is 0 Å². The molecular weight excluding hydrogens is 1040 g/mol. The van der Waals surface area contributed by atoms with E-state index in [2.05, 4.69) is 27.7 Å². The van der Waals surface area contributed by atoms with E-state index in [-0.39, 0.29) is 107 Å². The molecule has 0 saturated heterocycles. The fourth-order valence-corrected chi connectivity index (χ4v) is 4.81. The van der Waals surface area contributed by atoms with Gasteiger partial charge >= 0.3 is 0 Å². The van der Waals surface area contributed by atoms with Gasteiger partial charge in [-0.15, -0.1) is 0 Å². The summed E-state index contributed by atoms with van der Waals surface area (Å²) >= 11 is 0. The minimum absolute atomic E-state index is 0.0289. The lowest BCUT2D eigenvalue weighted by Gasteiger charge is -2.19. The molecule has 21 heteroatoms. The lowest BCUT2D eigenvalue weighted by atomic mass is 10.3. The van der Waals surface area contributed by atoms with Gasteiger partial charge in [0.05, 0.1) is 193 Å². The van der Waals surface area contributed by atoms with Crippen molar-refractivity contribution in [2.45, 2.75) is 222 Å². The van der Waals surface area contributed by atoms with Crippen LogP contribution < -0.4 is 0 Å². The Balaban J connectivity index is -0.000000207. The van der Waals surface area contributed by atoms with Gasteiger partial charge in [0.1, 0.15) is 0 Å². The van der Waals surface area contributed by atoms with Crippen molar-refractivity contribution in [1.29, 1.82) is 0 Å². The first-order valence-electron chi connectivity index (χ1n) is 29.9. The number of rotatable bonds is 51. The average Bonchev–Trinajstić information content (AvgIpc) is 3.47. The molecule has 0 amide bonds. The second-order valence-corrected chi connectivity index (χ2v) is 19.5. The van der Waals surface area contributed by atoms with Gasteiger partial charge < -0.3 is 102 Å². The molecular formula is C59H130O21. The summed E-state index contributed by atoms with van der Waals surface area (Å²) in [7, 11) is 3.31. The molecule has 80 heavy (non-hydrogen) atoms. The Morgan fingerprint density at radius 1 is 0.237 bits per heavy atom. The van der Waals surface area contributed by atoms with Crippen LogP contribution in [0.25, 0.3) is 0 Å². The highest BCUT2D eigenvalue weighted by Gasteiger charge is 2.11. The third-order valence-corrected chi connectivity index (χ3v) is 10.4. The lowest BCUT2D eigenvalue weighted by Crippen LogP contribution is -2.26. The van der Waals surface area contributed by atoms with Crippen molar-refractivity contribution >= 4 is 0 Å². The molecule has 6 N–H and O–H groups in total. The van der Waals surface area contributed by atoms with Crippen molar-refractivity contribution in [3.8, 4) is 0 Å². The largest absolute Gasteiger partial charge is 0.394 e. The van der Waals surface area contributed by atoms with E-state index in [0.29, 0.717) is 85.9 Å². The highest BCUT2D eigenvalue weighted by atomic mass is 16.6. The Kier molecular flexibility index (Phi) is 86.0. The summed E-state index contributed by atoms with van der Waals surface area (Å²) in [6.07, 6.45) is 9.13. The maximum atomic E-state index is 8.80. The molecule has 0 heterocycles. The first kappa shape index (κ1) is 90.3. The maximum Gasteiger partial charge on any atom is 0.0781 e. The topological polar surface area (TPSA) is 260 Å². The summed E-state index contributed by atoms with van der Waals surface area (Å²) in [5.74, 6) is 0. The van der Waals surface area contributed by atoms with E-state index >= 15 is 0 Å². The van der Waals surface area contributed by atoms with Crippen molar-refractivity contribution < 1.29 is 102 Å². The average molecular weight is 1180 g/mol. The molecule has 0 spiro atoms. The monoisotopic (exact) mass is 1170 g/mol. The normalized spacial score (nSPS) is 15.2. The minimum atomic E-state index is -0.126. The first-order chi connectivity index (χ1) is 38.3. The molecule has 0 radical (unpaired) electrons. The molecule has 0 rings (SSSR count).